The average Bonchev–Trinajstić information content (AvgIpc) is 3.14. The van der Waals surface area contributed by atoms with Crippen molar-refractivity contribution >= 4 is 5.71 Å². The molecule has 1 unspecified atom stereocenters. The minimum absolute atomic E-state index is 0.0461. The average molecular weight is 548 g/mol. The normalized spacial score (nSPS) is 40.2. The second kappa shape index (κ2) is 10.9. The number of fused-ring (bicyclic) bond motifs is 5. The molecule has 0 radical (unpaired) electrons. The zero-order valence-corrected chi connectivity index (χ0v) is 26.8. The first-order chi connectivity index (χ1) is 18.9. The summed E-state index contributed by atoms with van der Waals surface area (Å²) < 4.78 is 0. The molecule has 3 saturated carbocycles. The first kappa shape index (κ1) is 29.9. The van der Waals surface area contributed by atoms with E-state index in [4.69, 9.17) is 9.99 Å². The van der Waals surface area contributed by atoms with Crippen molar-refractivity contribution < 1.29 is 9.94 Å². The Hall–Kier alpha value is -1.61. The Morgan fingerprint density at radius 1 is 0.975 bits per heavy atom. The minimum atomic E-state index is -0.198. The van der Waals surface area contributed by atoms with Crippen molar-refractivity contribution in [1.29, 1.82) is 0 Å². The van der Waals surface area contributed by atoms with Crippen LogP contribution in [0.4, 0.5) is 0 Å². The van der Waals surface area contributed by atoms with Crippen LogP contribution in [0.5, 0.6) is 0 Å². The van der Waals surface area contributed by atoms with Crippen molar-refractivity contribution in [3.63, 3.8) is 0 Å². The van der Waals surface area contributed by atoms with E-state index < -0.39 is 0 Å². The van der Waals surface area contributed by atoms with E-state index in [2.05, 4.69) is 91.8 Å². The number of oxime groups is 1. The summed E-state index contributed by atoms with van der Waals surface area (Å²) in [5.74, 6) is 3.16. The van der Waals surface area contributed by atoms with Gasteiger partial charge in [-0.05, 0) is 96.8 Å². The molecule has 3 heteroatoms. The van der Waals surface area contributed by atoms with Gasteiger partial charge in [0, 0.05) is 5.41 Å². The molecule has 3 nitrogen and oxygen atoms in total. The minimum Gasteiger partial charge on any atom is -0.393 e. The van der Waals surface area contributed by atoms with E-state index in [1.165, 1.54) is 43.4 Å². The summed E-state index contributed by atoms with van der Waals surface area (Å²) in [7, 11) is 0. The highest BCUT2D eigenvalue weighted by Gasteiger charge is 2.67. The third-order valence-corrected chi connectivity index (χ3v) is 13.1. The molecule has 0 spiro atoms. The van der Waals surface area contributed by atoms with E-state index in [0.29, 0.717) is 30.3 Å². The van der Waals surface area contributed by atoms with Gasteiger partial charge in [0.25, 0.3) is 0 Å². The number of benzene rings is 1. The fourth-order valence-electron chi connectivity index (χ4n) is 10.3. The summed E-state index contributed by atoms with van der Waals surface area (Å²) >= 11 is 0. The van der Waals surface area contributed by atoms with Gasteiger partial charge in [0.05, 0.1) is 11.8 Å². The Bertz CT molecular complexity index is 1100. The Labute approximate surface area is 245 Å². The molecule has 0 saturated heterocycles. The van der Waals surface area contributed by atoms with E-state index >= 15 is 0 Å². The third kappa shape index (κ3) is 4.71. The zero-order chi connectivity index (χ0) is 28.9. The van der Waals surface area contributed by atoms with Gasteiger partial charge in [-0.2, -0.15) is 0 Å². The lowest BCUT2D eigenvalue weighted by molar-refractivity contribution is -0.128. The van der Waals surface area contributed by atoms with Gasteiger partial charge >= 0.3 is 0 Å². The van der Waals surface area contributed by atoms with Crippen LogP contribution < -0.4 is 0 Å². The highest BCUT2D eigenvalue weighted by atomic mass is 16.6. The predicted molar refractivity (Wildman–Crippen MR) is 167 cm³/mol. The molecule has 1 aromatic carbocycles. The van der Waals surface area contributed by atoms with Gasteiger partial charge in [-0.25, -0.2) is 0 Å². The second-order valence-electron chi connectivity index (χ2n) is 15.9. The second-order valence-corrected chi connectivity index (χ2v) is 15.9. The monoisotopic (exact) mass is 547 g/mol. The molecule has 0 aliphatic heterocycles. The van der Waals surface area contributed by atoms with Crippen LogP contribution >= 0.6 is 0 Å². The van der Waals surface area contributed by atoms with Crippen molar-refractivity contribution in [3.8, 4) is 0 Å². The molecule has 4 aliphatic carbocycles. The topological polar surface area (TPSA) is 41.8 Å². The maximum atomic E-state index is 11.0. The van der Waals surface area contributed by atoms with Crippen LogP contribution in [-0.2, 0) is 11.4 Å². The molecule has 0 heterocycles. The van der Waals surface area contributed by atoms with Crippen molar-refractivity contribution in [1.82, 2.24) is 0 Å². The van der Waals surface area contributed by atoms with Crippen LogP contribution in [0.25, 0.3) is 0 Å². The molecule has 3 fully saturated rings. The van der Waals surface area contributed by atoms with E-state index in [0.717, 1.165) is 31.6 Å². The Kier molecular flexibility index (Phi) is 8.14. The van der Waals surface area contributed by atoms with Crippen LogP contribution in [0.1, 0.15) is 119 Å². The van der Waals surface area contributed by atoms with Gasteiger partial charge in [0.15, 0.2) is 0 Å². The molecule has 0 bridgehead atoms. The lowest BCUT2D eigenvalue weighted by atomic mass is 9.41. The summed E-state index contributed by atoms with van der Waals surface area (Å²) in [5, 5.41) is 16.1. The van der Waals surface area contributed by atoms with Gasteiger partial charge in [-0.1, -0.05) is 115 Å². The van der Waals surface area contributed by atoms with E-state index in [-0.39, 0.29) is 27.8 Å². The number of aliphatic hydroxyl groups is 1. The predicted octanol–water partition coefficient (Wildman–Crippen LogP) is 9.60. The van der Waals surface area contributed by atoms with Gasteiger partial charge in [0.2, 0.25) is 0 Å². The summed E-state index contributed by atoms with van der Waals surface area (Å²) in [4.78, 5) is 6.19. The molecular formula is C37H57NO2. The summed E-state index contributed by atoms with van der Waals surface area (Å²) in [6.45, 7) is 20.1. The van der Waals surface area contributed by atoms with Crippen LogP contribution in [0, 0.1) is 51.2 Å². The molecule has 222 valence electrons. The lowest BCUT2D eigenvalue weighted by Crippen LogP contribution is -2.59. The van der Waals surface area contributed by atoms with Crippen molar-refractivity contribution in [2.45, 2.75) is 126 Å². The highest BCUT2D eigenvalue weighted by molar-refractivity contribution is 5.96. The number of allylic oxidation sites excluding steroid dienone is 2. The quantitative estimate of drug-likeness (QED) is 0.260. The van der Waals surface area contributed by atoms with Gasteiger partial charge in [0.1, 0.15) is 6.61 Å². The van der Waals surface area contributed by atoms with Crippen LogP contribution in [0.15, 0.2) is 47.1 Å². The third-order valence-electron chi connectivity index (χ3n) is 13.1. The Morgan fingerprint density at radius 3 is 2.40 bits per heavy atom. The van der Waals surface area contributed by atoms with Gasteiger partial charge in [-0.15, -0.1) is 0 Å². The number of aliphatic hydroxyl groups excluding tert-OH is 1. The summed E-state index contributed by atoms with van der Waals surface area (Å²) in [5.41, 5.74) is 4.43. The lowest BCUT2D eigenvalue weighted by Gasteiger charge is -2.64. The molecule has 40 heavy (non-hydrogen) atoms. The van der Waals surface area contributed by atoms with Gasteiger partial charge < -0.3 is 9.94 Å². The fraction of sp³-hybridized carbons (Fsp3) is 0.757. The van der Waals surface area contributed by atoms with Crippen molar-refractivity contribution in [3.05, 3.63) is 47.5 Å². The largest absolute Gasteiger partial charge is 0.393 e. The molecule has 0 aromatic heterocycles. The van der Waals surface area contributed by atoms with Crippen LogP contribution in [0.2, 0.25) is 0 Å². The van der Waals surface area contributed by atoms with E-state index in [1.54, 1.807) is 5.57 Å². The SMILES string of the molecule is CC(C)CCC[C@@H](C)[C@H]1C/C(=N\OCc2ccccc2)[C@@]2(C)C3=CCC4C(C)(C)[C@@H](O)CC[C@]4(C)[C@H]3CC[C@]12C. The smallest absolute Gasteiger partial charge is 0.142 e. The Balaban J connectivity index is 1.51. The maximum Gasteiger partial charge on any atom is 0.142 e. The maximum absolute atomic E-state index is 11.0. The fourth-order valence-corrected chi connectivity index (χ4v) is 10.3. The molecule has 1 aromatic rings. The number of hydrogen-bond donors (Lipinski definition) is 1. The number of nitrogens with zero attached hydrogens (tertiary/aromatic N) is 1. The molecule has 8 atom stereocenters. The van der Waals surface area contributed by atoms with Crippen molar-refractivity contribution in [2.75, 3.05) is 0 Å². The molecule has 4 aliphatic rings. The van der Waals surface area contributed by atoms with Crippen LogP contribution in [-0.4, -0.2) is 16.9 Å². The van der Waals surface area contributed by atoms with Gasteiger partial charge in [-0.3, -0.25) is 0 Å². The molecule has 0 amide bonds. The highest BCUT2D eigenvalue weighted by Crippen LogP contribution is 2.72. The molecule has 1 N–H and O–H groups in total. The zero-order valence-electron chi connectivity index (χ0n) is 26.8. The Morgan fingerprint density at radius 2 is 1.70 bits per heavy atom. The summed E-state index contributed by atoms with van der Waals surface area (Å²) in [6.07, 6.45) is 13.1. The number of hydrogen-bond acceptors (Lipinski definition) is 3. The van der Waals surface area contributed by atoms with E-state index in [1.807, 2.05) is 0 Å². The number of rotatable bonds is 8. The molecule has 5 rings (SSSR count). The standard InChI is InChI=1S/C37H57NO2/c1-25(2)13-12-14-26(3)30-23-32(38-40-24-27-15-10-9-11-16-27)37(8)29-17-18-31-34(4,5)33(39)20-21-35(31,6)28(29)19-22-36(30,37)7/h9-11,15-17,25-26,28,30-31,33,39H,12-14,18-24H2,1-8H3/b38-32+/t26-,28+,30-,31?,33+,35-,36-,37-/m1/s1. The van der Waals surface area contributed by atoms with E-state index in [9.17, 15) is 5.11 Å². The van der Waals surface area contributed by atoms with Crippen molar-refractivity contribution in [2.24, 2.45) is 56.4 Å². The van der Waals surface area contributed by atoms with Crippen LogP contribution in [0.3, 0.4) is 0 Å². The summed E-state index contributed by atoms with van der Waals surface area (Å²) in [6, 6.07) is 10.5. The first-order valence-corrected chi connectivity index (χ1v) is 16.5. The molecular weight excluding hydrogens is 490 g/mol. The first-order valence-electron chi connectivity index (χ1n) is 16.5.